The zero-order chi connectivity index (χ0) is 17.2. The maximum absolute atomic E-state index is 12.2. The molecule has 0 aliphatic carbocycles. The zero-order valence-electron chi connectivity index (χ0n) is 13.5. The van der Waals surface area contributed by atoms with Crippen LogP contribution in [0.15, 0.2) is 24.3 Å². The van der Waals surface area contributed by atoms with Gasteiger partial charge >= 0.3 is 6.03 Å². The van der Waals surface area contributed by atoms with Crippen LogP contribution in [0.4, 0.5) is 10.5 Å². The Hall–Kier alpha value is -2.41. The molecule has 1 aromatic carbocycles. The van der Waals surface area contributed by atoms with Crippen molar-refractivity contribution in [2.24, 2.45) is 11.7 Å². The number of urea groups is 1. The molecule has 0 aromatic heterocycles. The fraction of sp³-hybridized carbons (Fsp3) is 0.438. The Balaban J connectivity index is 2.19. The lowest BCUT2D eigenvalue weighted by Crippen LogP contribution is -2.41. The van der Waals surface area contributed by atoms with E-state index in [1.165, 1.54) is 0 Å². The van der Waals surface area contributed by atoms with Gasteiger partial charge in [0.25, 0.3) is 5.91 Å². The minimum absolute atomic E-state index is 0.0654. The van der Waals surface area contributed by atoms with E-state index in [1.54, 1.807) is 31.2 Å². The van der Waals surface area contributed by atoms with Crippen LogP contribution in [0.25, 0.3) is 0 Å². The Morgan fingerprint density at radius 3 is 2.65 bits per heavy atom. The smallest absolute Gasteiger partial charge is 0.322 e. The number of anilines is 1. The second-order valence-corrected chi connectivity index (χ2v) is 6.01. The van der Waals surface area contributed by atoms with Crippen molar-refractivity contribution >= 4 is 23.5 Å². The van der Waals surface area contributed by atoms with Crippen molar-refractivity contribution in [2.75, 3.05) is 5.32 Å². The highest BCUT2D eigenvalue weighted by Gasteiger charge is 2.43. The van der Waals surface area contributed by atoms with E-state index in [4.69, 9.17) is 5.73 Å². The molecular formula is C16H22N4O3. The van der Waals surface area contributed by atoms with Crippen LogP contribution in [0.5, 0.6) is 0 Å². The lowest BCUT2D eigenvalue weighted by atomic mass is 9.92. The third-order valence-electron chi connectivity index (χ3n) is 4.31. The van der Waals surface area contributed by atoms with Gasteiger partial charge < -0.3 is 16.4 Å². The fourth-order valence-electron chi connectivity index (χ4n) is 2.39. The quantitative estimate of drug-likeness (QED) is 0.608. The minimum atomic E-state index is -1.16. The number of hydrogen-bond acceptors (Lipinski definition) is 4. The number of rotatable bonds is 5. The number of nitrogens with two attached hydrogens (primary N) is 1. The van der Waals surface area contributed by atoms with Crippen molar-refractivity contribution in [3.63, 3.8) is 0 Å². The first-order valence-corrected chi connectivity index (χ1v) is 7.58. The summed E-state index contributed by atoms with van der Waals surface area (Å²) >= 11 is 0. The van der Waals surface area contributed by atoms with E-state index in [2.05, 4.69) is 16.0 Å². The highest BCUT2D eigenvalue weighted by Crippen LogP contribution is 2.26. The predicted molar refractivity (Wildman–Crippen MR) is 86.5 cm³/mol. The van der Waals surface area contributed by atoms with E-state index in [9.17, 15) is 14.4 Å². The zero-order valence-corrected chi connectivity index (χ0v) is 13.5. The van der Waals surface area contributed by atoms with Crippen molar-refractivity contribution in [2.45, 2.75) is 38.8 Å². The molecule has 0 bridgehead atoms. The summed E-state index contributed by atoms with van der Waals surface area (Å²) in [6, 6.07) is 5.66. The number of benzene rings is 1. The Bertz CT molecular complexity index is 646. The summed E-state index contributed by atoms with van der Waals surface area (Å²) in [6.45, 7) is 5.50. The Labute approximate surface area is 135 Å². The Morgan fingerprint density at radius 1 is 1.39 bits per heavy atom. The van der Waals surface area contributed by atoms with Gasteiger partial charge in [0.05, 0.1) is 6.04 Å². The normalized spacial score (nSPS) is 23.0. The molecule has 23 heavy (non-hydrogen) atoms. The molecule has 0 saturated carbocycles. The molecule has 0 spiro atoms. The standard InChI is InChI=1S/C16H22N4O3/c1-4-9(2)12(17)13(21)18-11-7-5-6-10(8-11)16(3)14(22)19-15(23)20-16/h5-9,12H,4,17H2,1-3H3,(H,18,21)(H2,19,20,22,23). The monoisotopic (exact) mass is 318 g/mol. The Morgan fingerprint density at radius 2 is 2.09 bits per heavy atom. The SMILES string of the molecule is CCC(C)C(N)C(=O)Nc1cccc(C2(C)NC(=O)NC2=O)c1. The molecule has 2 rings (SSSR count). The highest BCUT2D eigenvalue weighted by atomic mass is 16.2. The molecular weight excluding hydrogens is 296 g/mol. The van der Waals surface area contributed by atoms with Gasteiger partial charge in [0.1, 0.15) is 5.54 Å². The van der Waals surface area contributed by atoms with E-state index in [0.29, 0.717) is 11.3 Å². The van der Waals surface area contributed by atoms with E-state index < -0.39 is 23.5 Å². The maximum atomic E-state index is 12.2. The van der Waals surface area contributed by atoms with Crippen LogP contribution in [0.3, 0.4) is 0 Å². The van der Waals surface area contributed by atoms with Crippen molar-refractivity contribution in [1.82, 2.24) is 10.6 Å². The summed E-state index contributed by atoms with van der Waals surface area (Å²) < 4.78 is 0. The molecule has 1 aliphatic rings. The van der Waals surface area contributed by atoms with E-state index >= 15 is 0 Å². The van der Waals surface area contributed by atoms with Gasteiger partial charge in [-0.05, 0) is 30.5 Å². The van der Waals surface area contributed by atoms with Crippen LogP contribution in [0.2, 0.25) is 0 Å². The molecule has 1 fully saturated rings. The second kappa shape index (κ2) is 6.37. The molecule has 124 valence electrons. The third-order valence-corrected chi connectivity index (χ3v) is 4.31. The molecule has 0 radical (unpaired) electrons. The number of carbonyl (C=O) groups is 3. The van der Waals surface area contributed by atoms with Gasteiger partial charge in [-0.2, -0.15) is 0 Å². The van der Waals surface area contributed by atoms with E-state index in [1.807, 2.05) is 13.8 Å². The molecule has 1 heterocycles. The molecule has 7 heteroatoms. The average Bonchev–Trinajstić information content (AvgIpc) is 2.79. The van der Waals surface area contributed by atoms with Crippen molar-refractivity contribution in [3.8, 4) is 0 Å². The van der Waals surface area contributed by atoms with Crippen LogP contribution >= 0.6 is 0 Å². The van der Waals surface area contributed by atoms with Gasteiger partial charge in [0.2, 0.25) is 5.91 Å². The second-order valence-electron chi connectivity index (χ2n) is 6.01. The molecule has 1 saturated heterocycles. The van der Waals surface area contributed by atoms with Gasteiger partial charge in [-0.1, -0.05) is 32.4 Å². The molecule has 1 aliphatic heterocycles. The lowest BCUT2D eigenvalue weighted by molar-refractivity contribution is -0.123. The summed E-state index contributed by atoms with van der Waals surface area (Å²) in [4.78, 5) is 35.5. The predicted octanol–water partition coefficient (Wildman–Crippen LogP) is 1.05. The van der Waals surface area contributed by atoms with Crippen molar-refractivity contribution in [1.29, 1.82) is 0 Å². The maximum Gasteiger partial charge on any atom is 0.322 e. The molecule has 4 amide bonds. The first kappa shape index (κ1) is 17.0. The largest absolute Gasteiger partial charge is 0.325 e. The highest BCUT2D eigenvalue weighted by molar-refractivity contribution is 6.07. The summed E-state index contributed by atoms with van der Waals surface area (Å²) in [5.74, 6) is -0.639. The van der Waals surface area contributed by atoms with E-state index in [-0.39, 0.29) is 11.8 Å². The first-order valence-electron chi connectivity index (χ1n) is 7.58. The Kier molecular flexibility index (Phi) is 4.70. The van der Waals surface area contributed by atoms with Gasteiger partial charge in [0, 0.05) is 5.69 Å². The number of imide groups is 1. The first-order chi connectivity index (χ1) is 10.8. The third kappa shape index (κ3) is 3.34. The van der Waals surface area contributed by atoms with Crippen LogP contribution < -0.4 is 21.7 Å². The fourth-order valence-corrected chi connectivity index (χ4v) is 2.39. The summed E-state index contributed by atoms with van der Waals surface area (Å²) in [5, 5.41) is 7.56. The van der Waals surface area contributed by atoms with Crippen LogP contribution in [-0.2, 0) is 15.1 Å². The van der Waals surface area contributed by atoms with Gasteiger partial charge in [-0.15, -0.1) is 0 Å². The molecule has 7 nitrogen and oxygen atoms in total. The number of carbonyl (C=O) groups excluding carboxylic acids is 3. The van der Waals surface area contributed by atoms with Gasteiger partial charge in [-0.3, -0.25) is 14.9 Å². The summed E-state index contributed by atoms with van der Waals surface area (Å²) in [7, 11) is 0. The average molecular weight is 318 g/mol. The molecule has 3 unspecified atom stereocenters. The summed E-state index contributed by atoms with van der Waals surface area (Å²) in [5.41, 5.74) is 5.86. The van der Waals surface area contributed by atoms with Crippen LogP contribution in [0, 0.1) is 5.92 Å². The molecule has 3 atom stereocenters. The number of amides is 4. The topological polar surface area (TPSA) is 113 Å². The summed E-state index contributed by atoms with van der Waals surface area (Å²) in [6.07, 6.45) is 0.804. The van der Waals surface area contributed by atoms with Crippen LogP contribution in [0.1, 0.15) is 32.8 Å². The van der Waals surface area contributed by atoms with Crippen molar-refractivity contribution < 1.29 is 14.4 Å². The lowest BCUT2D eigenvalue weighted by Gasteiger charge is -2.22. The van der Waals surface area contributed by atoms with Crippen LogP contribution in [-0.4, -0.2) is 23.9 Å². The van der Waals surface area contributed by atoms with E-state index in [0.717, 1.165) is 6.42 Å². The van der Waals surface area contributed by atoms with Gasteiger partial charge in [-0.25, -0.2) is 4.79 Å². The van der Waals surface area contributed by atoms with Crippen molar-refractivity contribution in [3.05, 3.63) is 29.8 Å². The number of nitrogens with one attached hydrogen (secondary N) is 3. The molecule has 1 aromatic rings. The number of hydrogen-bond donors (Lipinski definition) is 4. The van der Waals surface area contributed by atoms with Gasteiger partial charge in [0.15, 0.2) is 0 Å². The minimum Gasteiger partial charge on any atom is -0.325 e. The molecule has 5 N–H and O–H groups in total.